The number of nitrogens with zero attached hydrogens (tertiary/aromatic N) is 3. The lowest BCUT2D eigenvalue weighted by molar-refractivity contribution is -0.385. The van der Waals surface area contributed by atoms with Crippen molar-refractivity contribution < 1.29 is 28.3 Å². The molecule has 12 heteroatoms. The summed E-state index contributed by atoms with van der Waals surface area (Å²) in [5.74, 6) is -0.359. The normalized spacial score (nSPS) is 10.1. The predicted molar refractivity (Wildman–Crippen MR) is 107 cm³/mol. The average molecular weight is 439 g/mol. The van der Waals surface area contributed by atoms with E-state index in [9.17, 15) is 19.3 Å². The van der Waals surface area contributed by atoms with Crippen molar-refractivity contribution in [3.8, 4) is 11.5 Å². The Labute approximate surface area is 175 Å². The van der Waals surface area contributed by atoms with E-state index in [0.717, 1.165) is 7.11 Å². The maximum Gasteiger partial charge on any atom is 0.513 e. The molecule has 1 N–H and O–H groups in total. The maximum absolute atomic E-state index is 14.5. The molecule has 1 heterocycles. The first kappa shape index (κ1) is 22.6. The van der Waals surface area contributed by atoms with Crippen LogP contribution >= 0.6 is 12.4 Å². The van der Waals surface area contributed by atoms with Crippen LogP contribution in [0, 0.1) is 22.9 Å². The Morgan fingerprint density at radius 2 is 1.90 bits per heavy atom. The minimum atomic E-state index is -0.949. The smallest absolute Gasteiger partial charge is 0.490 e. The van der Waals surface area contributed by atoms with Gasteiger partial charge in [-0.1, -0.05) is 0 Å². The highest BCUT2D eigenvalue weighted by Gasteiger charge is 2.19. The fourth-order valence-electron chi connectivity index (χ4n) is 2.60. The fourth-order valence-corrected chi connectivity index (χ4v) is 2.60. The Morgan fingerprint density at radius 3 is 2.53 bits per heavy atom. The summed E-state index contributed by atoms with van der Waals surface area (Å²) in [6.07, 6.45) is 0.230. The summed E-state index contributed by atoms with van der Waals surface area (Å²) in [4.78, 5) is 30.1. The van der Waals surface area contributed by atoms with Crippen molar-refractivity contribution in [3.05, 3.63) is 52.1 Å². The number of nitrogens with one attached hydrogen (secondary N) is 1. The topological polar surface area (TPSA) is 126 Å². The van der Waals surface area contributed by atoms with Crippen LogP contribution in [0.4, 0.5) is 26.4 Å². The molecule has 30 heavy (non-hydrogen) atoms. The summed E-state index contributed by atoms with van der Waals surface area (Å²) in [6, 6.07) is 5.07. The number of methoxy groups -OCH3 is 2. The van der Waals surface area contributed by atoms with Gasteiger partial charge in [0, 0.05) is 23.6 Å². The highest BCUT2D eigenvalue weighted by molar-refractivity contribution is 5.93. The van der Waals surface area contributed by atoms with E-state index < -0.39 is 16.9 Å². The van der Waals surface area contributed by atoms with Gasteiger partial charge in [-0.25, -0.2) is 19.2 Å². The van der Waals surface area contributed by atoms with E-state index in [1.807, 2.05) is 0 Å². The number of aryl methyl sites for hydroxylation is 1. The van der Waals surface area contributed by atoms with Crippen LogP contribution in [0.2, 0.25) is 0 Å². The predicted octanol–water partition coefficient (Wildman–Crippen LogP) is 4.30. The molecule has 0 aliphatic heterocycles. The standard InChI is InChI=1S/C18H15FN4O6.ClH/c1-9-4-11(19)13(7-15(9)29-18(24)28-3)22-17-10-5-16(27-2)14(23(25)26)6-12(10)20-8-21-17;/h4-8H,1-3H3,(H,20,21,22);1H. The Kier molecular flexibility index (Phi) is 6.90. The van der Waals surface area contributed by atoms with Crippen LogP contribution in [-0.2, 0) is 4.74 Å². The van der Waals surface area contributed by atoms with Gasteiger partial charge in [-0.15, -0.1) is 12.4 Å². The van der Waals surface area contributed by atoms with Crippen LogP contribution in [0.5, 0.6) is 11.5 Å². The molecule has 0 aliphatic carbocycles. The summed E-state index contributed by atoms with van der Waals surface area (Å²) in [6.45, 7) is 1.56. The lowest BCUT2D eigenvalue weighted by Crippen LogP contribution is -2.09. The molecule has 158 valence electrons. The van der Waals surface area contributed by atoms with Gasteiger partial charge < -0.3 is 19.5 Å². The zero-order valence-corrected chi connectivity index (χ0v) is 16.8. The van der Waals surface area contributed by atoms with Crippen LogP contribution in [0.1, 0.15) is 5.56 Å². The number of fused-ring (bicyclic) bond motifs is 1. The van der Waals surface area contributed by atoms with Crippen LogP contribution in [0.15, 0.2) is 30.6 Å². The summed E-state index contributed by atoms with van der Waals surface area (Å²) in [5, 5.41) is 14.3. The third-order valence-electron chi connectivity index (χ3n) is 4.01. The van der Waals surface area contributed by atoms with E-state index in [0.29, 0.717) is 10.9 Å². The quantitative estimate of drug-likeness (QED) is 0.268. The van der Waals surface area contributed by atoms with E-state index in [2.05, 4.69) is 20.0 Å². The molecule has 3 aromatic rings. The Bertz CT molecular complexity index is 1130. The zero-order chi connectivity index (χ0) is 21.1. The SMILES string of the molecule is COC(=O)Oc1cc(Nc2ncnc3cc([N+](=O)[O-])c(OC)cc23)c(F)cc1C.Cl. The molecule has 2 aromatic carbocycles. The van der Waals surface area contributed by atoms with Crippen molar-refractivity contribution >= 4 is 46.7 Å². The van der Waals surface area contributed by atoms with E-state index in [1.54, 1.807) is 6.92 Å². The summed E-state index contributed by atoms with van der Waals surface area (Å²) in [5.41, 5.74) is 0.337. The zero-order valence-electron chi connectivity index (χ0n) is 16.0. The van der Waals surface area contributed by atoms with E-state index >= 15 is 0 Å². The number of rotatable bonds is 5. The van der Waals surface area contributed by atoms with Crippen LogP contribution in [0.3, 0.4) is 0 Å². The summed E-state index contributed by atoms with van der Waals surface area (Å²) < 4.78 is 29.0. The number of nitro benzene ring substituents is 1. The molecule has 0 bridgehead atoms. The third kappa shape index (κ3) is 4.46. The number of carbonyl (C=O) groups is 1. The minimum Gasteiger partial charge on any atom is -0.490 e. The Morgan fingerprint density at radius 1 is 1.17 bits per heavy atom. The first-order valence-corrected chi connectivity index (χ1v) is 8.14. The number of ether oxygens (including phenoxy) is 3. The third-order valence-corrected chi connectivity index (χ3v) is 4.01. The Hall–Kier alpha value is -3.73. The lowest BCUT2D eigenvalue weighted by atomic mass is 10.1. The summed E-state index contributed by atoms with van der Waals surface area (Å²) in [7, 11) is 2.45. The second-order valence-electron chi connectivity index (χ2n) is 5.80. The number of hydrogen-bond donors (Lipinski definition) is 1. The molecular formula is C18H16ClFN4O6. The number of nitro groups is 1. The van der Waals surface area contributed by atoms with Gasteiger partial charge in [0.25, 0.3) is 0 Å². The van der Waals surface area contributed by atoms with Crippen molar-refractivity contribution in [2.24, 2.45) is 0 Å². The first-order valence-electron chi connectivity index (χ1n) is 8.14. The molecule has 0 aliphatic rings. The molecule has 10 nitrogen and oxygen atoms in total. The molecule has 0 amide bonds. The largest absolute Gasteiger partial charge is 0.513 e. The van der Waals surface area contributed by atoms with Crippen molar-refractivity contribution in [2.45, 2.75) is 6.92 Å². The van der Waals surface area contributed by atoms with Gasteiger partial charge in [0.2, 0.25) is 0 Å². The van der Waals surface area contributed by atoms with Crippen molar-refractivity contribution in [2.75, 3.05) is 19.5 Å². The fraction of sp³-hybridized carbons (Fsp3) is 0.167. The van der Waals surface area contributed by atoms with Gasteiger partial charge in [0.05, 0.1) is 30.3 Å². The second kappa shape index (κ2) is 9.18. The number of anilines is 2. The van der Waals surface area contributed by atoms with E-state index in [-0.39, 0.29) is 46.6 Å². The van der Waals surface area contributed by atoms with Crippen LogP contribution < -0.4 is 14.8 Å². The van der Waals surface area contributed by atoms with Crippen molar-refractivity contribution in [3.63, 3.8) is 0 Å². The molecule has 0 saturated heterocycles. The number of carbonyl (C=O) groups excluding carboxylic acids is 1. The van der Waals surface area contributed by atoms with Gasteiger partial charge in [-0.05, 0) is 18.6 Å². The highest BCUT2D eigenvalue weighted by Crippen LogP contribution is 2.35. The molecule has 0 saturated carbocycles. The molecule has 3 rings (SSSR count). The van der Waals surface area contributed by atoms with Gasteiger partial charge in [0.1, 0.15) is 23.7 Å². The minimum absolute atomic E-state index is 0. The van der Waals surface area contributed by atoms with Crippen LogP contribution in [-0.4, -0.2) is 35.3 Å². The number of aromatic nitrogens is 2. The highest BCUT2D eigenvalue weighted by atomic mass is 35.5. The molecule has 0 atom stereocenters. The number of hydrogen-bond acceptors (Lipinski definition) is 9. The molecule has 0 fully saturated rings. The molecule has 0 radical (unpaired) electrons. The van der Waals surface area contributed by atoms with Gasteiger partial charge >= 0.3 is 11.8 Å². The van der Waals surface area contributed by atoms with E-state index in [4.69, 9.17) is 9.47 Å². The first-order chi connectivity index (χ1) is 13.8. The molecular weight excluding hydrogens is 423 g/mol. The van der Waals surface area contributed by atoms with Crippen molar-refractivity contribution in [1.82, 2.24) is 9.97 Å². The summed E-state index contributed by atoms with van der Waals surface area (Å²) >= 11 is 0. The lowest BCUT2D eigenvalue weighted by Gasteiger charge is -2.13. The number of halogens is 2. The monoisotopic (exact) mass is 438 g/mol. The van der Waals surface area contributed by atoms with Gasteiger partial charge in [0.15, 0.2) is 5.75 Å². The average Bonchev–Trinajstić information content (AvgIpc) is 2.70. The number of benzene rings is 2. The second-order valence-corrected chi connectivity index (χ2v) is 5.80. The van der Waals surface area contributed by atoms with Gasteiger partial charge in [-0.3, -0.25) is 10.1 Å². The molecule has 0 unspecified atom stereocenters. The Balaban J connectivity index is 0.00000320. The molecule has 0 spiro atoms. The van der Waals surface area contributed by atoms with Crippen molar-refractivity contribution in [1.29, 1.82) is 0 Å². The maximum atomic E-state index is 14.5. The van der Waals surface area contributed by atoms with Crippen LogP contribution in [0.25, 0.3) is 10.9 Å². The molecule has 1 aromatic heterocycles. The van der Waals surface area contributed by atoms with E-state index in [1.165, 1.54) is 37.7 Å². The van der Waals surface area contributed by atoms with Gasteiger partial charge in [-0.2, -0.15) is 0 Å².